The van der Waals surface area contributed by atoms with Gasteiger partial charge in [-0.05, 0) is 19.8 Å². The summed E-state index contributed by atoms with van der Waals surface area (Å²) in [6, 6.07) is 0. The van der Waals surface area contributed by atoms with Crippen molar-refractivity contribution in [1.29, 1.82) is 0 Å². The van der Waals surface area contributed by atoms with Crippen LogP contribution in [0.15, 0.2) is 0 Å². The predicted molar refractivity (Wildman–Crippen MR) is 49.3 cm³/mol. The van der Waals surface area contributed by atoms with Gasteiger partial charge in [-0.2, -0.15) is 0 Å². The summed E-state index contributed by atoms with van der Waals surface area (Å²) in [5.74, 6) is 0. The number of hydrogen-bond donors (Lipinski definition) is 0. The summed E-state index contributed by atoms with van der Waals surface area (Å²) in [6.07, 6.45) is 4.87. The fourth-order valence-corrected chi connectivity index (χ4v) is 1.78. The maximum atomic E-state index is 5.64. The van der Waals surface area contributed by atoms with Crippen LogP contribution in [0.3, 0.4) is 0 Å². The van der Waals surface area contributed by atoms with E-state index in [9.17, 15) is 0 Å². The minimum absolute atomic E-state index is 0.0675. The van der Waals surface area contributed by atoms with Crippen LogP contribution in [-0.4, -0.2) is 25.4 Å². The van der Waals surface area contributed by atoms with Crippen molar-refractivity contribution in [2.75, 3.05) is 13.7 Å². The molecule has 0 bridgehead atoms. The molecule has 2 atom stereocenters. The average molecular weight is 172 g/mol. The monoisotopic (exact) mass is 172 g/mol. The lowest BCUT2D eigenvalue weighted by molar-refractivity contribution is -0.114. The molecule has 0 saturated carbocycles. The first-order valence-electron chi connectivity index (χ1n) is 4.87. The molecule has 0 aromatic carbocycles. The third-order valence-electron chi connectivity index (χ3n) is 2.75. The smallest absolute Gasteiger partial charge is 0.0697 e. The van der Waals surface area contributed by atoms with Gasteiger partial charge in [-0.1, -0.05) is 13.3 Å². The van der Waals surface area contributed by atoms with E-state index in [1.165, 1.54) is 12.8 Å². The van der Waals surface area contributed by atoms with Crippen LogP contribution >= 0.6 is 0 Å². The summed E-state index contributed by atoms with van der Waals surface area (Å²) in [5, 5.41) is 0. The molecule has 0 aliphatic carbocycles. The topological polar surface area (TPSA) is 18.5 Å². The zero-order chi connectivity index (χ0) is 9.03. The molecule has 12 heavy (non-hydrogen) atoms. The third kappa shape index (κ3) is 2.46. The maximum absolute atomic E-state index is 5.64. The highest BCUT2D eigenvalue weighted by atomic mass is 16.5. The van der Waals surface area contributed by atoms with Gasteiger partial charge in [0, 0.05) is 20.1 Å². The minimum atomic E-state index is 0.0675. The Bertz CT molecular complexity index is 134. The van der Waals surface area contributed by atoms with Crippen molar-refractivity contribution in [3.63, 3.8) is 0 Å². The number of methoxy groups -OCH3 is 1. The van der Waals surface area contributed by atoms with Crippen molar-refractivity contribution in [3.05, 3.63) is 0 Å². The Labute approximate surface area is 75.2 Å². The summed E-state index contributed by atoms with van der Waals surface area (Å²) < 4.78 is 11.1. The lowest BCUT2D eigenvalue weighted by Gasteiger charge is -2.37. The van der Waals surface area contributed by atoms with Gasteiger partial charge in [0.1, 0.15) is 0 Å². The molecule has 2 heteroatoms. The lowest BCUT2D eigenvalue weighted by atomic mass is 9.90. The van der Waals surface area contributed by atoms with E-state index < -0.39 is 0 Å². The molecule has 1 fully saturated rings. The van der Waals surface area contributed by atoms with Crippen LogP contribution in [0.1, 0.15) is 39.5 Å². The van der Waals surface area contributed by atoms with Gasteiger partial charge in [0.05, 0.1) is 11.7 Å². The molecule has 1 rings (SSSR count). The number of hydrogen-bond acceptors (Lipinski definition) is 2. The fourth-order valence-electron chi connectivity index (χ4n) is 1.78. The molecule has 0 N–H and O–H groups in total. The molecule has 1 aliphatic rings. The normalized spacial score (nSPS) is 36.8. The van der Waals surface area contributed by atoms with Gasteiger partial charge in [0.2, 0.25) is 0 Å². The Morgan fingerprint density at radius 1 is 1.58 bits per heavy atom. The highest BCUT2D eigenvalue weighted by Crippen LogP contribution is 2.29. The van der Waals surface area contributed by atoms with E-state index in [0.717, 1.165) is 19.4 Å². The second kappa shape index (κ2) is 4.24. The Kier molecular flexibility index (Phi) is 3.53. The van der Waals surface area contributed by atoms with Gasteiger partial charge in [-0.3, -0.25) is 0 Å². The molecule has 1 aliphatic heterocycles. The average Bonchev–Trinajstić information content (AvgIpc) is 2.05. The van der Waals surface area contributed by atoms with Crippen LogP contribution < -0.4 is 0 Å². The minimum Gasteiger partial charge on any atom is -0.378 e. The van der Waals surface area contributed by atoms with E-state index in [1.807, 2.05) is 0 Å². The zero-order valence-corrected chi connectivity index (χ0v) is 8.43. The fraction of sp³-hybridized carbons (Fsp3) is 1.00. The van der Waals surface area contributed by atoms with Crippen molar-refractivity contribution >= 4 is 0 Å². The van der Waals surface area contributed by atoms with E-state index >= 15 is 0 Å². The van der Waals surface area contributed by atoms with Crippen LogP contribution in [0.25, 0.3) is 0 Å². The maximum Gasteiger partial charge on any atom is 0.0697 e. The molecule has 0 radical (unpaired) electrons. The van der Waals surface area contributed by atoms with Gasteiger partial charge in [-0.25, -0.2) is 0 Å². The summed E-state index contributed by atoms with van der Waals surface area (Å²) in [6.45, 7) is 5.23. The number of ether oxygens (including phenoxy) is 2. The molecular formula is C10H20O2. The SMILES string of the molecule is CCCC1CC(C)(OC)CCO1. The molecule has 2 unspecified atom stereocenters. The first kappa shape index (κ1) is 10.0. The van der Waals surface area contributed by atoms with E-state index in [4.69, 9.17) is 9.47 Å². The van der Waals surface area contributed by atoms with Crippen LogP contribution in [0.5, 0.6) is 0 Å². The van der Waals surface area contributed by atoms with Crippen molar-refractivity contribution in [3.8, 4) is 0 Å². The summed E-state index contributed by atoms with van der Waals surface area (Å²) >= 11 is 0. The predicted octanol–water partition coefficient (Wildman–Crippen LogP) is 2.37. The molecule has 0 aromatic heterocycles. The second-order valence-electron chi connectivity index (χ2n) is 3.89. The van der Waals surface area contributed by atoms with Gasteiger partial charge < -0.3 is 9.47 Å². The van der Waals surface area contributed by atoms with E-state index in [2.05, 4.69) is 13.8 Å². The van der Waals surface area contributed by atoms with Crippen LogP contribution in [0.4, 0.5) is 0 Å². The Morgan fingerprint density at radius 2 is 2.33 bits per heavy atom. The highest BCUT2D eigenvalue weighted by Gasteiger charge is 2.31. The van der Waals surface area contributed by atoms with Gasteiger partial charge >= 0.3 is 0 Å². The molecule has 1 heterocycles. The first-order chi connectivity index (χ1) is 5.70. The zero-order valence-electron chi connectivity index (χ0n) is 8.43. The largest absolute Gasteiger partial charge is 0.378 e. The highest BCUT2D eigenvalue weighted by molar-refractivity contribution is 4.82. The number of rotatable bonds is 3. The molecular weight excluding hydrogens is 152 g/mol. The van der Waals surface area contributed by atoms with Gasteiger partial charge in [-0.15, -0.1) is 0 Å². The van der Waals surface area contributed by atoms with E-state index in [-0.39, 0.29) is 5.60 Å². The van der Waals surface area contributed by atoms with Crippen LogP contribution in [0.2, 0.25) is 0 Å². The Hall–Kier alpha value is -0.0800. The molecule has 1 saturated heterocycles. The first-order valence-corrected chi connectivity index (χ1v) is 4.87. The van der Waals surface area contributed by atoms with Crippen molar-refractivity contribution in [2.45, 2.75) is 51.2 Å². The Morgan fingerprint density at radius 3 is 2.92 bits per heavy atom. The van der Waals surface area contributed by atoms with Gasteiger partial charge in [0.15, 0.2) is 0 Å². The van der Waals surface area contributed by atoms with E-state index in [0.29, 0.717) is 6.10 Å². The van der Waals surface area contributed by atoms with E-state index in [1.54, 1.807) is 7.11 Å². The summed E-state index contributed by atoms with van der Waals surface area (Å²) in [7, 11) is 1.80. The van der Waals surface area contributed by atoms with Crippen molar-refractivity contribution in [2.24, 2.45) is 0 Å². The quantitative estimate of drug-likeness (QED) is 0.650. The molecule has 0 aromatic rings. The van der Waals surface area contributed by atoms with Crippen LogP contribution in [-0.2, 0) is 9.47 Å². The lowest BCUT2D eigenvalue weighted by Crippen LogP contribution is -2.39. The third-order valence-corrected chi connectivity index (χ3v) is 2.75. The van der Waals surface area contributed by atoms with Crippen LogP contribution in [0, 0.1) is 0 Å². The summed E-state index contributed by atoms with van der Waals surface area (Å²) in [5.41, 5.74) is 0.0675. The summed E-state index contributed by atoms with van der Waals surface area (Å²) in [4.78, 5) is 0. The molecule has 2 nitrogen and oxygen atoms in total. The van der Waals surface area contributed by atoms with Gasteiger partial charge in [0.25, 0.3) is 0 Å². The molecule has 0 spiro atoms. The standard InChI is InChI=1S/C10H20O2/c1-4-5-9-8-10(2,11-3)6-7-12-9/h9H,4-8H2,1-3H3. The second-order valence-corrected chi connectivity index (χ2v) is 3.89. The van der Waals surface area contributed by atoms with Crippen molar-refractivity contribution in [1.82, 2.24) is 0 Å². The molecule has 72 valence electrons. The Balaban J connectivity index is 2.39. The van der Waals surface area contributed by atoms with Crippen molar-refractivity contribution < 1.29 is 9.47 Å². The molecule has 0 amide bonds.